The molecule has 1 atom stereocenters. The van der Waals surface area contributed by atoms with E-state index in [9.17, 15) is 18.4 Å². The minimum absolute atomic E-state index is 0.0242. The van der Waals surface area contributed by atoms with Crippen LogP contribution in [-0.4, -0.2) is 43.0 Å². The summed E-state index contributed by atoms with van der Waals surface area (Å²) >= 11 is 0. The maximum Gasteiger partial charge on any atom is 0.337 e. The highest BCUT2D eigenvalue weighted by Crippen LogP contribution is 2.38. The number of rotatable bonds is 2. The number of carbonyl (C=O) groups excluding carboxylic acids is 2. The van der Waals surface area contributed by atoms with Crippen LogP contribution in [-0.2, 0) is 9.53 Å². The number of urea groups is 1. The highest BCUT2D eigenvalue weighted by atomic mass is 19.1. The van der Waals surface area contributed by atoms with Crippen molar-refractivity contribution in [3.05, 3.63) is 46.7 Å². The number of amides is 2. The third-order valence-corrected chi connectivity index (χ3v) is 3.82. The molecule has 22 heavy (non-hydrogen) atoms. The summed E-state index contributed by atoms with van der Waals surface area (Å²) in [6.07, 6.45) is 0. The van der Waals surface area contributed by atoms with Crippen molar-refractivity contribution >= 4 is 12.0 Å². The topological polar surface area (TPSA) is 49.9 Å². The lowest BCUT2D eigenvalue weighted by molar-refractivity contribution is -0.137. The van der Waals surface area contributed by atoms with Crippen molar-refractivity contribution in [2.75, 3.05) is 21.2 Å². The summed E-state index contributed by atoms with van der Waals surface area (Å²) in [7, 11) is 4.03. The van der Waals surface area contributed by atoms with E-state index < -0.39 is 29.7 Å². The number of nitrogens with zero attached hydrogens (tertiary/aromatic N) is 2. The van der Waals surface area contributed by atoms with Crippen LogP contribution < -0.4 is 0 Å². The zero-order valence-corrected chi connectivity index (χ0v) is 12.7. The number of benzene rings is 1. The second kappa shape index (κ2) is 5.75. The summed E-state index contributed by atoms with van der Waals surface area (Å²) in [5, 5.41) is 0. The molecule has 0 N–H and O–H groups in total. The first-order valence-electron chi connectivity index (χ1n) is 6.54. The Morgan fingerprint density at radius 2 is 1.77 bits per heavy atom. The highest BCUT2D eigenvalue weighted by molar-refractivity contribution is 5.94. The van der Waals surface area contributed by atoms with E-state index in [0.717, 1.165) is 17.0 Å². The fourth-order valence-electron chi connectivity index (χ4n) is 2.54. The molecule has 1 aromatic rings. The van der Waals surface area contributed by atoms with Crippen molar-refractivity contribution in [3.63, 3.8) is 0 Å². The predicted molar refractivity (Wildman–Crippen MR) is 74.7 cm³/mol. The third-order valence-electron chi connectivity index (χ3n) is 3.82. The van der Waals surface area contributed by atoms with E-state index in [2.05, 4.69) is 0 Å². The Morgan fingerprint density at radius 1 is 1.23 bits per heavy atom. The van der Waals surface area contributed by atoms with Crippen LogP contribution in [0.5, 0.6) is 0 Å². The summed E-state index contributed by atoms with van der Waals surface area (Å²) in [4.78, 5) is 26.7. The molecule has 0 aliphatic carbocycles. The SMILES string of the molecule is COC(=O)C1=C(C)N(C)C(=O)N(C)[C@@H]1c1c(F)cccc1F. The molecule has 118 valence electrons. The number of carbonyl (C=O) groups is 2. The summed E-state index contributed by atoms with van der Waals surface area (Å²) in [6.45, 7) is 1.53. The highest BCUT2D eigenvalue weighted by Gasteiger charge is 2.41. The number of hydrogen-bond donors (Lipinski definition) is 0. The Kier molecular flexibility index (Phi) is 4.16. The zero-order valence-electron chi connectivity index (χ0n) is 12.7. The van der Waals surface area contributed by atoms with Crippen LogP contribution in [0, 0.1) is 11.6 Å². The zero-order chi connectivity index (χ0) is 16.6. The van der Waals surface area contributed by atoms with Gasteiger partial charge in [0.2, 0.25) is 0 Å². The minimum Gasteiger partial charge on any atom is -0.466 e. The number of halogens is 2. The predicted octanol–water partition coefficient (Wildman–Crippen LogP) is 2.45. The molecule has 1 aliphatic rings. The molecule has 0 fully saturated rings. The van der Waals surface area contributed by atoms with Crippen molar-refractivity contribution < 1.29 is 23.1 Å². The molecule has 1 aliphatic heterocycles. The first kappa shape index (κ1) is 15.9. The van der Waals surface area contributed by atoms with E-state index in [4.69, 9.17) is 4.74 Å². The molecule has 0 bridgehead atoms. The van der Waals surface area contributed by atoms with E-state index in [1.807, 2.05) is 0 Å². The second-order valence-electron chi connectivity index (χ2n) is 4.98. The minimum atomic E-state index is -1.18. The number of esters is 1. The van der Waals surface area contributed by atoms with Crippen LogP contribution in [0.3, 0.4) is 0 Å². The smallest absolute Gasteiger partial charge is 0.337 e. The van der Waals surface area contributed by atoms with Crippen molar-refractivity contribution in [1.29, 1.82) is 0 Å². The first-order valence-corrected chi connectivity index (χ1v) is 6.54. The van der Waals surface area contributed by atoms with Crippen molar-refractivity contribution in [2.45, 2.75) is 13.0 Å². The maximum absolute atomic E-state index is 14.1. The average molecular weight is 310 g/mol. The van der Waals surface area contributed by atoms with E-state index in [0.29, 0.717) is 5.70 Å². The fourth-order valence-corrected chi connectivity index (χ4v) is 2.54. The average Bonchev–Trinajstić information content (AvgIpc) is 2.49. The summed E-state index contributed by atoms with van der Waals surface area (Å²) in [5.74, 6) is -2.40. The monoisotopic (exact) mass is 310 g/mol. The van der Waals surface area contributed by atoms with Gasteiger partial charge in [-0.05, 0) is 19.1 Å². The number of likely N-dealkylation sites (N-methyl/N-ethyl adjacent to an activating group) is 1. The van der Waals surface area contributed by atoms with E-state index in [-0.39, 0.29) is 11.1 Å². The van der Waals surface area contributed by atoms with Crippen LogP contribution >= 0.6 is 0 Å². The number of ether oxygens (including phenoxy) is 1. The second-order valence-corrected chi connectivity index (χ2v) is 4.98. The van der Waals surface area contributed by atoms with Crippen molar-refractivity contribution in [2.24, 2.45) is 0 Å². The number of allylic oxidation sites excluding steroid dienone is 1. The van der Waals surface area contributed by atoms with Crippen LogP contribution in [0.25, 0.3) is 0 Å². The summed E-state index contributed by atoms with van der Waals surface area (Å²) in [5.41, 5.74) is -0.0371. The van der Waals surface area contributed by atoms with E-state index in [1.165, 1.54) is 39.1 Å². The molecular formula is C15H16F2N2O3. The fraction of sp³-hybridized carbons (Fsp3) is 0.333. The van der Waals surface area contributed by atoms with Crippen molar-refractivity contribution in [3.8, 4) is 0 Å². The molecular weight excluding hydrogens is 294 g/mol. The van der Waals surface area contributed by atoms with Crippen LogP contribution in [0.2, 0.25) is 0 Å². The lowest BCUT2D eigenvalue weighted by Crippen LogP contribution is -2.47. The quantitative estimate of drug-likeness (QED) is 0.788. The standard InChI is InChI=1S/C15H16F2N2O3/c1-8-11(14(20)22-4)13(19(3)15(21)18(8)2)12-9(16)6-5-7-10(12)17/h5-7,13H,1-4H3/t13-/m0/s1. The van der Waals surface area contributed by atoms with Gasteiger partial charge in [-0.2, -0.15) is 0 Å². The Bertz CT molecular complexity index is 653. The Labute approximate surface area is 126 Å². The summed E-state index contributed by atoms with van der Waals surface area (Å²) in [6, 6.07) is 1.73. The molecule has 0 saturated heterocycles. The molecule has 7 heteroatoms. The maximum atomic E-state index is 14.1. The molecule has 5 nitrogen and oxygen atoms in total. The van der Waals surface area contributed by atoms with Crippen LogP contribution in [0.4, 0.5) is 13.6 Å². The van der Waals surface area contributed by atoms with Gasteiger partial charge in [-0.15, -0.1) is 0 Å². The molecule has 0 unspecified atom stereocenters. The molecule has 0 radical (unpaired) electrons. The van der Waals surface area contributed by atoms with E-state index in [1.54, 1.807) is 0 Å². The normalized spacial score (nSPS) is 18.8. The largest absolute Gasteiger partial charge is 0.466 e. The van der Waals surface area contributed by atoms with Gasteiger partial charge in [0.25, 0.3) is 0 Å². The van der Waals surface area contributed by atoms with Gasteiger partial charge in [0, 0.05) is 19.8 Å². The number of methoxy groups -OCH3 is 1. The molecule has 0 aromatic heterocycles. The lowest BCUT2D eigenvalue weighted by atomic mass is 9.93. The van der Waals surface area contributed by atoms with Gasteiger partial charge in [-0.3, -0.25) is 0 Å². The molecule has 0 spiro atoms. The molecule has 0 saturated carbocycles. The van der Waals surface area contributed by atoms with Gasteiger partial charge in [0.05, 0.1) is 24.3 Å². The molecule has 1 aromatic carbocycles. The van der Waals surface area contributed by atoms with Gasteiger partial charge in [0.15, 0.2) is 0 Å². The van der Waals surface area contributed by atoms with Gasteiger partial charge in [-0.1, -0.05) is 6.07 Å². The van der Waals surface area contributed by atoms with Gasteiger partial charge >= 0.3 is 12.0 Å². The molecule has 2 amide bonds. The van der Waals surface area contributed by atoms with Crippen LogP contribution in [0.1, 0.15) is 18.5 Å². The van der Waals surface area contributed by atoms with E-state index >= 15 is 0 Å². The summed E-state index contributed by atoms with van der Waals surface area (Å²) < 4.78 is 33.0. The van der Waals surface area contributed by atoms with Gasteiger partial charge in [-0.25, -0.2) is 18.4 Å². The molecule has 1 heterocycles. The lowest BCUT2D eigenvalue weighted by Gasteiger charge is -2.39. The Hall–Kier alpha value is -2.44. The Balaban J connectivity index is 2.74. The van der Waals surface area contributed by atoms with Crippen LogP contribution in [0.15, 0.2) is 29.5 Å². The third kappa shape index (κ3) is 2.32. The molecule has 2 rings (SSSR count). The van der Waals surface area contributed by atoms with Gasteiger partial charge in [0.1, 0.15) is 11.6 Å². The first-order chi connectivity index (χ1) is 10.3. The van der Waals surface area contributed by atoms with Crippen molar-refractivity contribution in [1.82, 2.24) is 9.80 Å². The van der Waals surface area contributed by atoms with Gasteiger partial charge < -0.3 is 14.5 Å². The Morgan fingerprint density at radius 3 is 2.27 bits per heavy atom. The number of hydrogen-bond acceptors (Lipinski definition) is 3.